The van der Waals surface area contributed by atoms with Gasteiger partial charge in [-0.3, -0.25) is 9.69 Å². The summed E-state index contributed by atoms with van der Waals surface area (Å²) in [6.07, 6.45) is 0. The highest BCUT2D eigenvalue weighted by atomic mass is 16.5. The molecule has 0 radical (unpaired) electrons. The molecule has 2 aliphatic rings. The fraction of sp³-hybridized carbons (Fsp3) is 0.900. The van der Waals surface area contributed by atoms with Crippen LogP contribution in [0.25, 0.3) is 0 Å². The quantitative estimate of drug-likeness (QED) is 0.636. The summed E-state index contributed by atoms with van der Waals surface area (Å²) < 4.78 is 5.28. The number of hydrogen-bond donors (Lipinski definition) is 1. The summed E-state index contributed by atoms with van der Waals surface area (Å²) >= 11 is 0. The average molecular weight is 213 g/mol. The molecule has 15 heavy (non-hydrogen) atoms. The topological polar surface area (TPSA) is 44.8 Å². The molecule has 0 bridgehead atoms. The molecule has 2 saturated heterocycles. The van der Waals surface area contributed by atoms with Gasteiger partial charge in [-0.1, -0.05) is 0 Å². The maximum atomic E-state index is 11.5. The smallest absolute Gasteiger partial charge is 0.236 e. The normalized spacial score (nSPS) is 24.5. The van der Waals surface area contributed by atoms with Gasteiger partial charge in [-0.2, -0.15) is 0 Å². The van der Waals surface area contributed by atoms with Gasteiger partial charge in [-0.05, 0) is 0 Å². The van der Waals surface area contributed by atoms with E-state index in [0.717, 1.165) is 52.5 Å². The number of nitrogens with one attached hydrogen (secondary N) is 1. The van der Waals surface area contributed by atoms with Crippen LogP contribution in [0.4, 0.5) is 0 Å². The van der Waals surface area contributed by atoms with Crippen molar-refractivity contribution in [3.8, 4) is 0 Å². The van der Waals surface area contributed by atoms with Gasteiger partial charge in [0.25, 0.3) is 0 Å². The number of nitrogens with zero attached hydrogens (tertiary/aromatic N) is 2. The van der Waals surface area contributed by atoms with E-state index in [-0.39, 0.29) is 5.91 Å². The highest BCUT2D eigenvalue weighted by Crippen LogP contribution is 1.99. The molecule has 0 aliphatic carbocycles. The van der Waals surface area contributed by atoms with Crippen molar-refractivity contribution in [1.82, 2.24) is 15.1 Å². The van der Waals surface area contributed by atoms with Crippen molar-refractivity contribution in [2.45, 2.75) is 0 Å². The van der Waals surface area contributed by atoms with Gasteiger partial charge >= 0.3 is 0 Å². The van der Waals surface area contributed by atoms with Gasteiger partial charge < -0.3 is 15.0 Å². The zero-order chi connectivity index (χ0) is 10.5. The zero-order valence-corrected chi connectivity index (χ0v) is 9.07. The maximum absolute atomic E-state index is 11.5. The van der Waals surface area contributed by atoms with E-state index in [1.165, 1.54) is 0 Å². The van der Waals surface area contributed by atoms with Crippen LogP contribution in [0.3, 0.4) is 0 Å². The highest BCUT2D eigenvalue weighted by molar-refractivity contribution is 5.78. The minimum atomic E-state index is 0.231. The molecule has 0 aromatic carbocycles. The Morgan fingerprint density at radius 3 is 2.73 bits per heavy atom. The Kier molecular flexibility index (Phi) is 3.94. The Hall–Kier alpha value is -0.650. The predicted octanol–water partition coefficient (Wildman–Crippen LogP) is -1.25. The third-order valence-electron chi connectivity index (χ3n) is 2.98. The summed E-state index contributed by atoms with van der Waals surface area (Å²) in [5.74, 6) is 0.231. The van der Waals surface area contributed by atoms with Crippen molar-refractivity contribution >= 4 is 5.91 Å². The van der Waals surface area contributed by atoms with Crippen LogP contribution in [0.2, 0.25) is 0 Å². The van der Waals surface area contributed by atoms with E-state index < -0.39 is 0 Å². The first-order valence-corrected chi connectivity index (χ1v) is 5.65. The van der Waals surface area contributed by atoms with Crippen molar-refractivity contribution in [2.24, 2.45) is 0 Å². The minimum Gasteiger partial charge on any atom is -0.379 e. The van der Waals surface area contributed by atoms with Crippen molar-refractivity contribution < 1.29 is 9.53 Å². The van der Waals surface area contributed by atoms with E-state index in [9.17, 15) is 4.79 Å². The van der Waals surface area contributed by atoms with E-state index in [4.69, 9.17) is 4.74 Å². The Bertz CT molecular complexity index is 217. The molecule has 1 amide bonds. The second kappa shape index (κ2) is 5.44. The Morgan fingerprint density at radius 1 is 1.20 bits per heavy atom. The summed E-state index contributed by atoms with van der Waals surface area (Å²) in [6, 6.07) is 0. The molecule has 2 rings (SSSR count). The van der Waals surface area contributed by atoms with Crippen LogP contribution in [-0.2, 0) is 9.53 Å². The first-order valence-electron chi connectivity index (χ1n) is 5.65. The van der Waals surface area contributed by atoms with Crippen LogP contribution in [0.15, 0.2) is 0 Å². The molecule has 2 heterocycles. The molecular formula is C10H19N3O2. The van der Waals surface area contributed by atoms with Crippen LogP contribution in [0.5, 0.6) is 0 Å². The first kappa shape index (κ1) is 10.9. The van der Waals surface area contributed by atoms with Crippen molar-refractivity contribution in [2.75, 3.05) is 59.0 Å². The lowest BCUT2D eigenvalue weighted by Crippen LogP contribution is -2.51. The van der Waals surface area contributed by atoms with Gasteiger partial charge in [0.05, 0.1) is 19.8 Å². The van der Waals surface area contributed by atoms with Crippen molar-refractivity contribution in [3.05, 3.63) is 0 Å². The third-order valence-corrected chi connectivity index (χ3v) is 2.98. The summed E-state index contributed by atoms with van der Waals surface area (Å²) in [5, 5.41) is 3.08. The number of hydrogen-bond acceptors (Lipinski definition) is 4. The molecule has 2 fully saturated rings. The highest BCUT2D eigenvalue weighted by Gasteiger charge is 2.18. The lowest BCUT2D eigenvalue weighted by atomic mass is 10.3. The zero-order valence-electron chi connectivity index (χ0n) is 9.07. The largest absolute Gasteiger partial charge is 0.379 e. The van der Waals surface area contributed by atoms with Crippen molar-refractivity contribution in [3.63, 3.8) is 0 Å². The number of morpholine rings is 1. The molecule has 86 valence electrons. The fourth-order valence-corrected chi connectivity index (χ4v) is 1.97. The maximum Gasteiger partial charge on any atom is 0.236 e. The first-order chi connectivity index (χ1) is 7.36. The summed E-state index contributed by atoms with van der Waals surface area (Å²) in [4.78, 5) is 15.8. The number of amides is 1. The molecule has 0 saturated carbocycles. The van der Waals surface area contributed by atoms with Gasteiger partial charge in [0.15, 0.2) is 0 Å². The average Bonchev–Trinajstić information content (AvgIpc) is 2.29. The van der Waals surface area contributed by atoms with E-state index in [1.54, 1.807) is 0 Å². The van der Waals surface area contributed by atoms with Gasteiger partial charge in [0.1, 0.15) is 0 Å². The SMILES string of the molecule is O=C1CNCCN1CCN1CCOCC1. The van der Waals surface area contributed by atoms with E-state index in [0.29, 0.717) is 6.54 Å². The van der Waals surface area contributed by atoms with E-state index in [2.05, 4.69) is 10.2 Å². The predicted molar refractivity (Wildman–Crippen MR) is 56.7 cm³/mol. The van der Waals surface area contributed by atoms with Crippen LogP contribution in [0.1, 0.15) is 0 Å². The van der Waals surface area contributed by atoms with E-state index >= 15 is 0 Å². The molecule has 2 aliphatic heterocycles. The van der Waals surface area contributed by atoms with Crippen molar-refractivity contribution in [1.29, 1.82) is 0 Å². The summed E-state index contributed by atoms with van der Waals surface area (Å²) in [7, 11) is 0. The molecular weight excluding hydrogens is 194 g/mol. The molecule has 5 nitrogen and oxygen atoms in total. The fourth-order valence-electron chi connectivity index (χ4n) is 1.97. The van der Waals surface area contributed by atoms with Crippen LogP contribution < -0.4 is 5.32 Å². The Balaban J connectivity index is 1.69. The lowest BCUT2D eigenvalue weighted by molar-refractivity contribution is -0.132. The molecule has 1 N–H and O–H groups in total. The van der Waals surface area contributed by atoms with Gasteiger partial charge in [0, 0.05) is 39.3 Å². The molecule has 0 aromatic heterocycles. The van der Waals surface area contributed by atoms with Crippen LogP contribution >= 0.6 is 0 Å². The molecule has 0 spiro atoms. The lowest BCUT2D eigenvalue weighted by Gasteiger charge is -2.32. The Morgan fingerprint density at radius 2 is 2.00 bits per heavy atom. The second-order valence-corrected chi connectivity index (χ2v) is 4.01. The molecule has 0 aromatic rings. The van der Waals surface area contributed by atoms with Gasteiger partial charge in [0.2, 0.25) is 5.91 Å². The van der Waals surface area contributed by atoms with Gasteiger partial charge in [-0.15, -0.1) is 0 Å². The van der Waals surface area contributed by atoms with Crippen LogP contribution in [-0.4, -0.2) is 74.7 Å². The molecule has 0 atom stereocenters. The number of carbonyl (C=O) groups excluding carboxylic acids is 1. The summed E-state index contributed by atoms with van der Waals surface area (Å²) in [5.41, 5.74) is 0. The standard InChI is InChI=1S/C10H19N3O2/c14-10-9-11-1-2-13(10)4-3-12-5-7-15-8-6-12/h11H,1-9H2. The molecule has 5 heteroatoms. The van der Waals surface area contributed by atoms with Crippen LogP contribution in [0, 0.1) is 0 Å². The minimum absolute atomic E-state index is 0.231. The second-order valence-electron chi connectivity index (χ2n) is 4.01. The third kappa shape index (κ3) is 3.15. The number of carbonyl (C=O) groups is 1. The Labute approximate surface area is 90.4 Å². The number of ether oxygens (including phenoxy) is 1. The monoisotopic (exact) mass is 213 g/mol. The summed E-state index contributed by atoms with van der Waals surface area (Å²) in [6.45, 7) is 7.78. The number of rotatable bonds is 3. The number of piperazine rings is 1. The van der Waals surface area contributed by atoms with E-state index in [1.807, 2.05) is 4.90 Å². The molecule has 0 unspecified atom stereocenters. The van der Waals surface area contributed by atoms with Gasteiger partial charge in [-0.25, -0.2) is 0 Å².